The van der Waals surface area contributed by atoms with E-state index < -0.39 is 5.97 Å². The van der Waals surface area contributed by atoms with Crippen LogP contribution in [0.2, 0.25) is 0 Å². The van der Waals surface area contributed by atoms with Gasteiger partial charge in [0.15, 0.2) is 5.82 Å². The molecule has 4 nitrogen and oxygen atoms in total. The molecule has 0 fully saturated rings. The summed E-state index contributed by atoms with van der Waals surface area (Å²) in [4.78, 5) is 13.9. The van der Waals surface area contributed by atoms with Crippen LogP contribution in [0.4, 0.5) is 0 Å². The van der Waals surface area contributed by atoms with Crippen LogP contribution in [0.3, 0.4) is 0 Å². The van der Waals surface area contributed by atoms with E-state index in [4.69, 9.17) is 16.7 Å². The Bertz CT molecular complexity index is 296. The highest BCUT2D eigenvalue weighted by atomic mass is 35.5. The van der Waals surface area contributed by atoms with E-state index in [2.05, 4.69) is 9.36 Å². The normalized spacial score (nSPS) is 10.6. The highest BCUT2D eigenvalue weighted by Crippen LogP contribution is 2.05. The molecule has 0 aliphatic carbocycles. The molecule has 1 N–H and O–H groups in total. The first-order valence-corrected chi connectivity index (χ1v) is 3.79. The predicted octanol–water partition coefficient (Wildman–Crippen LogP) is 1.45. The third kappa shape index (κ3) is 1.99. The van der Waals surface area contributed by atoms with Crippen LogP contribution in [-0.4, -0.2) is 20.4 Å². The molecule has 0 bridgehead atoms. The second-order valence-electron chi connectivity index (χ2n) is 1.56. The Hall–Kier alpha value is -0.940. The number of carboxylic acids is 1. The predicted molar refractivity (Wildman–Crippen MR) is 41.8 cm³/mol. The molecule has 58 valence electrons. The molecule has 1 rings (SSSR count). The lowest BCUT2D eigenvalue weighted by atomic mass is 10.6. The molecule has 0 aromatic carbocycles. The summed E-state index contributed by atoms with van der Waals surface area (Å²) in [7, 11) is 0. The van der Waals surface area contributed by atoms with Crippen molar-refractivity contribution in [3.63, 3.8) is 0 Å². The Kier molecular flexibility index (Phi) is 2.56. The summed E-state index contributed by atoms with van der Waals surface area (Å²) < 4.78 is 3.71. The first kappa shape index (κ1) is 8.16. The summed E-state index contributed by atoms with van der Waals surface area (Å²) in [5.41, 5.74) is 1.23. The Morgan fingerprint density at radius 3 is 2.91 bits per heavy atom. The summed E-state index contributed by atoms with van der Waals surface area (Å²) in [5.74, 6) is -0.751. The van der Waals surface area contributed by atoms with Gasteiger partial charge < -0.3 is 5.11 Å². The van der Waals surface area contributed by atoms with Crippen LogP contribution < -0.4 is 0 Å². The number of aromatic carboxylic acids is 1. The van der Waals surface area contributed by atoms with Gasteiger partial charge in [-0.2, -0.15) is 4.37 Å². The molecule has 0 saturated carbocycles. The van der Waals surface area contributed by atoms with E-state index >= 15 is 0 Å². The van der Waals surface area contributed by atoms with Crippen molar-refractivity contribution in [1.82, 2.24) is 9.36 Å². The number of carboxylic acid groups (broad SMARTS) is 1. The van der Waals surface area contributed by atoms with Crippen LogP contribution in [0.1, 0.15) is 15.6 Å². The fourth-order valence-electron chi connectivity index (χ4n) is 0.446. The van der Waals surface area contributed by atoms with E-state index in [1.165, 1.54) is 11.6 Å². The van der Waals surface area contributed by atoms with E-state index in [9.17, 15) is 4.79 Å². The number of hydrogen-bond donors (Lipinski definition) is 1. The van der Waals surface area contributed by atoms with Gasteiger partial charge >= 0.3 is 5.97 Å². The molecule has 0 aliphatic rings. The Morgan fingerprint density at radius 1 is 1.73 bits per heavy atom. The van der Waals surface area contributed by atoms with Gasteiger partial charge in [-0.3, -0.25) is 0 Å². The van der Waals surface area contributed by atoms with E-state index in [1.54, 1.807) is 0 Å². The number of rotatable bonds is 2. The second-order valence-corrected chi connectivity index (χ2v) is 2.56. The van der Waals surface area contributed by atoms with Gasteiger partial charge in [-0.25, -0.2) is 9.78 Å². The number of carbonyl (C=O) groups is 1. The molecule has 1 aromatic rings. The molecule has 1 heterocycles. The van der Waals surface area contributed by atoms with Gasteiger partial charge in [0, 0.05) is 5.54 Å². The lowest BCUT2D eigenvalue weighted by Gasteiger charge is -1.78. The number of nitrogens with zero attached hydrogens (tertiary/aromatic N) is 2. The van der Waals surface area contributed by atoms with Gasteiger partial charge in [-0.05, 0) is 17.6 Å². The maximum Gasteiger partial charge on any atom is 0.366 e. The van der Waals surface area contributed by atoms with Crippen LogP contribution in [0.25, 0.3) is 6.08 Å². The summed E-state index contributed by atoms with van der Waals surface area (Å²) in [6.07, 6.45) is 1.42. The molecule has 0 spiro atoms. The molecule has 1 aromatic heterocycles. The van der Waals surface area contributed by atoms with Gasteiger partial charge in [0.05, 0.1) is 0 Å². The minimum absolute atomic E-state index is 0.0326. The Labute approximate surface area is 71.3 Å². The summed E-state index contributed by atoms with van der Waals surface area (Å²) in [6, 6.07) is 0. The Balaban J connectivity index is 2.90. The first-order valence-electron chi connectivity index (χ1n) is 2.58. The number of hydrogen-bond acceptors (Lipinski definition) is 4. The second kappa shape index (κ2) is 3.45. The summed E-state index contributed by atoms with van der Waals surface area (Å²) >= 11 is 6.05. The fraction of sp³-hybridized carbons (Fsp3) is 0. The van der Waals surface area contributed by atoms with Crippen LogP contribution in [0, 0.1) is 0 Å². The molecule has 0 atom stereocenters. The molecule has 11 heavy (non-hydrogen) atoms. The van der Waals surface area contributed by atoms with Crippen molar-refractivity contribution < 1.29 is 9.90 Å². The molecule has 0 aliphatic heterocycles. The summed E-state index contributed by atoms with van der Waals surface area (Å²) in [6.45, 7) is 0. The van der Waals surface area contributed by atoms with Gasteiger partial charge in [-0.15, -0.1) is 0 Å². The highest BCUT2D eigenvalue weighted by molar-refractivity contribution is 7.07. The van der Waals surface area contributed by atoms with Crippen molar-refractivity contribution in [2.45, 2.75) is 0 Å². The smallest absolute Gasteiger partial charge is 0.366 e. The van der Waals surface area contributed by atoms with Crippen LogP contribution in [0.15, 0.2) is 5.54 Å². The number of halogens is 1. The van der Waals surface area contributed by atoms with Gasteiger partial charge in [0.1, 0.15) is 0 Å². The van der Waals surface area contributed by atoms with Gasteiger partial charge in [0.2, 0.25) is 5.01 Å². The molecule has 0 unspecified atom stereocenters. The lowest BCUT2D eigenvalue weighted by Crippen LogP contribution is -1.93. The lowest BCUT2D eigenvalue weighted by molar-refractivity contribution is 0.0696. The maximum atomic E-state index is 10.3. The van der Waals surface area contributed by atoms with Crippen molar-refractivity contribution in [3.05, 3.63) is 16.4 Å². The zero-order chi connectivity index (χ0) is 8.27. The zero-order valence-electron chi connectivity index (χ0n) is 5.19. The van der Waals surface area contributed by atoms with Crippen molar-refractivity contribution in [2.24, 2.45) is 0 Å². The first-order chi connectivity index (χ1) is 5.24. The summed E-state index contributed by atoms with van der Waals surface area (Å²) in [5, 5.41) is 8.38. The Morgan fingerprint density at radius 2 is 2.45 bits per heavy atom. The molecule has 6 heteroatoms. The standard InChI is InChI=1S/C5H3ClN2O2S/c6-2-1-3-7-4(5(9)10)11-8-3/h1-2H,(H,9,10). The number of aromatic nitrogens is 2. The average molecular weight is 191 g/mol. The average Bonchev–Trinajstić information content (AvgIpc) is 2.37. The molecule has 0 saturated heterocycles. The van der Waals surface area contributed by atoms with Crippen molar-refractivity contribution >= 4 is 35.2 Å². The minimum Gasteiger partial charge on any atom is -0.476 e. The monoisotopic (exact) mass is 190 g/mol. The van der Waals surface area contributed by atoms with Crippen molar-refractivity contribution in [2.75, 3.05) is 0 Å². The van der Waals surface area contributed by atoms with Crippen LogP contribution >= 0.6 is 23.1 Å². The quantitative estimate of drug-likeness (QED) is 0.767. The zero-order valence-corrected chi connectivity index (χ0v) is 6.76. The SMILES string of the molecule is O=C(O)c1nc(C=CCl)ns1. The van der Waals surface area contributed by atoms with Crippen molar-refractivity contribution in [3.8, 4) is 0 Å². The topological polar surface area (TPSA) is 63.1 Å². The molecule has 0 radical (unpaired) electrons. The van der Waals surface area contributed by atoms with Gasteiger partial charge in [0.25, 0.3) is 0 Å². The fourth-order valence-corrected chi connectivity index (χ4v) is 1.05. The highest BCUT2D eigenvalue weighted by Gasteiger charge is 2.07. The van der Waals surface area contributed by atoms with Crippen LogP contribution in [-0.2, 0) is 0 Å². The minimum atomic E-state index is -1.07. The van der Waals surface area contributed by atoms with E-state index in [0.29, 0.717) is 5.82 Å². The molecular weight excluding hydrogens is 188 g/mol. The largest absolute Gasteiger partial charge is 0.476 e. The van der Waals surface area contributed by atoms with Crippen LogP contribution in [0.5, 0.6) is 0 Å². The molecular formula is C5H3ClN2O2S. The molecule has 0 amide bonds. The van der Waals surface area contributed by atoms with Gasteiger partial charge in [-0.1, -0.05) is 11.6 Å². The van der Waals surface area contributed by atoms with Crippen molar-refractivity contribution in [1.29, 1.82) is 0 Å². The third-order valence-corrected chi connectivity index (χ3v) is 1.68. The third-order valence-electron chi connectivity index (χ3n) is 0.837. The maximum absolute atomic E-state index is 10.3. The van der Waals surface area contributed by atoms with E-state index in [1.807, 2.05) is 0 Å². The van der Waals surface area contributed by atoms with E-state index in [-0.39, 0.29) is 5.01 Å². The van der Waals surface area contributed by atoms with E-state index in [0.717, 1.165) is 11.5 Å².